The van der Waals surface area contributed by atoms with Gasteiger partial charge in [0.15, 0.2) is 17.3 Å². The molecule has 2 aliphatic heterocycles. The Morgan fingerprint density at radius 1 is 1.16 bits per heavy atom. The Bertz CT molecular complexity index is 1310. The fraction of sp³-hybridized carbons (Fsp3) is 0.679. The van der Waals surface area contributed by atoms with Crippen LogP contribution in [0.3, 0.4) is 0 Å². The topological polar surface area (TPSA) is 113 Å². The van der Waals surface area contributed by atoms with E-state index in [2.05, 4.69) is 24.1 Å². The first-order valence-electron chi connectivity index (χ1n) is 13.2. The van der Waals surface area contributed by atoms with E-state index in [0.717, 1.165) is 37.3 Å². The first kappa shape index (κ1) is 25.3. The zero-order valence-electron chi connectivity index (χ0n) is 22.1. The largest absolute Gasteiger partial charge is 0.493 e. The Hall–Kier alpha value is -1.94. The first-order valence-corrected chi connectivity index (χ1v) is 14.7. The summed E-state index contributed by atoms with van der Waals surface area (Å²) in [5.74, 6) is 1.56. The smallest absolute Gasteiger partial charge is 0.275 e. The number of methoxy groups -OCH3 is 1. The maximum Gasteiger partial charge on any atom is 0.275 e. The van der Waals surface area contributed by atoms with Gasteiger partial charge in [-0.2, -0.15) is 8.42 Å². The SMILES string of the molecule is CC12CCC(C(S(=O)(=O)O)C1=O)C2(C)C.COc1ccc2c3c1O[C@H]1[C@@H](O)C=C[C@H]4[C@@H](C2)N(C)CC[C@@]341. The van der Waals surface area contributed by atoms with Gasteiger partial charge in [0.1, 0.15) is 17.5 Å². The molecule has 3 fully saturated rings. The quantitative estimate of drug-likeness (QED) is 0.443. The summed E-state index contributed by atoms with van der Waals surface area (Å²) < 4.78 is 43.3. The fourth-order valence-electron chi connectivity index (χ4n) is 8.74. The molecule has 202 valence electrons. The average molecular weight is 532 g/mol. The van der Waals surface area contributed by atoms with Gasteiger partial charge in [-0.25, -0.2) is 0 Å². The van der Waals surface area contributed by atoms with Gasteiger partial charge in [0, 0.05) is 28.4 Å². The number of hydrogen-bond donors (Lipinski definition) is 2. The first-order chi connectivity index (χ1) is 17.3. The number of benzene rings is 1. The van der Waals surface area contributed by atoms with Gasteiger partial charge in [-0.05, 0) is 62.2 Å². The maximum absolute atomic E-state index is 12.0. The van der Waals surface area contributed by atoms with Crippen molar-refractivity contribution in [3.05, 3.63) is 35.4 Å². The molecule has 8 nitrogen and oxygen atoms in total. The monoisotopic (exact) mass is 531 g/mol. The number of fused-ring (bicyclic) bond motifs is 2. The highest BCUT2D eigenvalue weighted by Crippen LogP contribution is 2.65. The predicted molar refractivity (Wildman–Crippen MR) is 137 cm³/mol. The molecular formula is C28H37NO7S. The molecular weight excluding hydrogens is 494 g/mol. The minimum atomic E-state index is -4.24. The van der Waals surface area contributed by atoms with Gasteiger partial charge < -0.3 is 19.5 Å². The Balaban J connectivity index is 0.000000148. The van der Waals surface area contributed by atoms with Gasteiger partial charge in [0.05, 0.1) is 7.11 Å². The molecule has 2 heterocycles. The van der Waals surface area contributed by atoms with Gasteiger partial charge in [-0.15, -0.1) is 0 Å². The van der Waals surface area contributed by atoms with Crippen LogP contribution in [-0.2, 0) is 26.7 Å². The molecule has 0 aromatic heterocycles. The highest BCUT2D eigenvalue weighted by molar-refractivity contribution is 7.87. The van der Waals surface area contributed by atoms with Crippen molar-refractivity contribution in [1.29, 1.82) is 0 Å². The molecule has 0 amide bonds. The summed E-state index contributed by atoms with van der Waals surface area (Å²) in [6.07, 6.45) is 6.98. The number of nitrogens with zero attached hydrogens (tertiary/aromatic N) is 1. The number of hydrogen-bond acceptors (Lipinski definition) is 7. The minimum absolute atomic E-state index is 0.0806. The molecule has 1 aromatic rings. The van der Waals surface area contributed by atoms with Gasteiger partial charge >= 0.3 is 0 Å². The second-order valence-electron chi connectivity index (χ2n) is 12.6. The number of ketones is 1. The lowest BCUT2D eigenvalue weighted by Gasteiger charge is -2.56. The standard InChI is InChI=1S/C18H21NO3.C10H16O4S/c1-19-8-7-18-11-4-5-13(20)17(18)22-16-14(21-2)6-3-10(15(16)18)9-12(11)19;1-9(2)6-4-5-10(9,3)8(11)7(6)15(12,13)14/h3-6,11-13,17,20H,7-9H2,1-2H3;6-7H,4-5H2,1-3H3,(H,12,13,14)/t11-,12+,13-,17-,18-;/m0./s1. The number of carbonyl (C=O) groups is 1. The summed E-state index contributed by atoms with van der Waals surface area (Å²) in [6, 6.07) is 4.70. The van der Waals surface area contributed by atoms with Crippen molar-refractivity contribution in [1.82, 2.24) is 4.90 Å². The van der Waals surface area contributed by atoms with Crippen LogP contribution in [0.4, 0.5) is 0 Å². The molecule has 1 saturated heterocycles. The van der Waals surface area contributed by atoms with E-state index in [1.54, 1.807) is 7.11 Å². The molecule has 1 spiro atoms. The molecule has 1 aromatic carbocycles. The van der Waals surface area contributed by atoms with Crippen LogP contribution in [0.2, 0.25) is 0 Å². The van der Waals surface area contributed by atoms with E-state index < -0.39 is 26.9 Å². The molecule has 2 saturated carbocycles. The molecule has 37 heavy (non-hydrogen) atoms. The summed E-state index contributed by atoms with van der Waals surface area (Å²) in [5, 5.41) is 9.37. The summed E-state index contributed by atoms with van der Waals surface area (Å²) in [7, 11) is -0.334. The van der Waals surface area contributed by atoms with Crippen LogP contribution in [0, 0.1) is 22.7 Å². The van der Waals surface area contributed by atoms with Gasteiger partial charge in [-0.3, -0.25) is 9.35 Å². The number of likely N-dealkylation sites (tertiary alicyclic amines) is 1. The van der Waals surface area contributed by atoms with Crippen molar-refractivity contribution in [3.8, 4) is 11.5 Å². The zero-order valence-corrected chi connectivity index (χ0v) is 22.9. The lowest BCUT2D eigenvalue weighted by molar-refractivity contribution is -0.128. The van der Waals surface area contributed by atoms with Crippen LogP contribution in [0.15, 0.2) is 24.3 Å². The molecule has 0 radical (unpaired) electrons. The Morgan fingerprint density at radius 2 is 1.89 bits per heavy atom. The second kappa shape index (κ2) is 7.81. The predicted octanol–water partition coefficient (Wildman–Crippen LogP) is 2.77. The van der Waals surface area contributed by atoms with E-state index in [0.29, 0.717) is 18.4 Å². The molecule has 2 N–H and O–H groups in total. The lowest BCUT2D eigenvalue weighted by atomic mass is 9.53. The van der Waals surface area contributed by atoms with Crippen molar-refractivity contribution in [3.63, 3.8) is 0 Å². The third kappa shape index (κ3) is 3.05. The molecule has 3 unspecified atom stereocenters. The van der Waals surface area contributed by atoms with Crippen molar-refractivity contribution >= 4 is 15.9 Å². The van der Waals surface area contributed by atoms with Crippen LogP contribution in [0.5, 0.6) is 11.5 Å². The number of aliphatic hydroxyl groups is 1. The van der Waals surface area contributed by atoms with Crippen LogP contribution in [0.25, 0.3) is 0 Å². The summed E-state index contributed by atoms with van der Waals surface area (Å²) in [6.45, 7) is 6.72. The van der Waals surface area contributed by atoms with E-state index in [9.17, 15) is 18.3 Å². The van der Waals surface area contributed by atoms with Crippen molar-refractivity contribution in [2.45, 2.75) is 75.4 Å². The fourth-order valence-corrected chi connectivity index (χ4v) is 10.2. The second-order valence-corrected chi connectivity index (χ2v) is 14.1. The van der Waals surface area contributed by atoms with E-state index in [1.165, 1.54) is 11.1 Å². The highest BCUT2D eigenvalue weighted by atomic mass is 32.2. The molecule has 8 atom stereocenters. The van der Waals surface area contributed by atoms with Gasteiger partial charge in [0.2, 0.25) is 0 Å². The third-order valence-corrected chi connectivity index (χ3v) is 12.3. The summed E-state index contributed by atoms with van der Waals surface area (Å²) in [4.78, 5) is 14.5. The third-order valence-electron chi connectivity index (χ3n) is 11.1. The van der Waals surface area contributed by atoms with E-state index in [4.69, 9.17) is 14.0 Å². The number of carbonyl (C=O) groups excluding carboxylic acids is 1. The number of ether oxygens (including phenoxy) is 2. The van der Waals surface area contributed by atoms with Gasteiger partial charge in [0.25, 0.3) is 10.1 Å². The average Bonchev–Trinajstić information content (AvgIpc) is 3.35. The van der Waals surface area contributed by atoms with Crippen LogP contribution >= 0.6 is 0 Å². The highest BCUT2D eigenvalue weighted by Gasteiger charge is 2.69. The van der Waals surface area contributed by atoms with Crippen molar-refractivity contribution in [2.75, 3.05) is 20.7 Å². The molecule has 9 heteroatoms. The number of likely N-dealkylation sites (N-methyl/N-ethyl adjacent to an activating group) is 1. The Labute approximate surface area is 218 Å². The summed E-state index contributed by atoms with van der Waals surface area (Å²) in [5.41, 5.74) is 1.69. The van der Waals surface area contributed by atoms with Crippen molar-refractivity contribution in [2.24, 2.45) is 22.7 Å². The Morgan fingerprint density at radius 3 is 2.49 bits per heavy atom. The van der Waals surface area contributed by atoms with Crippen LogP contribution in [-0.4, -0.2) is 73.0 Å². The minimum Gasteiger partial charge on any atom is -0.493 e. The number of piperidine rings is 1. The number of rotatable bonds is 2. The molecule has 7 rings (SSSR count). The molecule has 4 bridgehead atoms. The number of aliphatic hydroxyl groups excluding tert-OH is 1. The normalized spacial score (nSPS) is 42.1. The van der Waals surface area contributed by atoms with E-state index >= 15 is 0 Å². The van der Waals surface area contributed by atoms with Crippen LogP contribution in [0.1, 0.15) is 51.2 Å². The summed E-state index contributed by atoms with van der Waals surface area (Å²) >= 11 is 0. The molecule has 4 aliphatic carbocycles. The lowest BCUT2D eigenvalue weighted by Crippen LogP contribution is -2.64. The van der Waals surface area contributed by atoms with E-state index in [-0.39, 0.29) is 28.6 Å². The number of Topliss-reactive ketones (excluding diaryl/α,β-unsaturated/α-hetero) is 1. The van der Waals surface area contributed by atoms with Gasteiger partial charge in [-0.1, -0.05) is 39.0 Å². The maximum atomic E-state index is 12.0. The molecule has 6 aliphatic rings. The van der Waals surface area contributed by atoms with Crippen molar-refractivity contribution < 1.29 is 32.3 Å². The van der Waals surface area contributed by atoms with Crippen LogP contribution < -0.4 is 9.47 Å². The zero-order chi connectivity index (χ0) is 26.7. The Kier molecular flexibility index (Phi) is 5.35. The van der Waals surface area contributed by atoms with E-state index in [1.807, 2.05) is 32.9 Å².